The van der Waals surface area contributed by atoms with Crippen molar-refractivity contribution in [3.63, 3.8) is 0 Å². The van der Waals surface area contributed by atoms with Gasteiger partial charge in [0, 0.05) is 34.3 Å². The quantitative estimate of drug-likeness (QED) is 0.200. The number of hydrogen-bond acceptors (Lipinski definition) is 7. The maximum absolute atomic E-state index is 13.1. The third-order valence-electron chi connectivity index (χ3n) is 6.15. The van der Waals surface area contributed by atoms with Crippen molar-refractivity contribution in [2.24, 2.45) is 5.73 Å². The Hall–Kier alpha value is -4.43. The smallest absolute Gasteiger partial charge is 0.345 e. The molecular formula is C27H26F3N5O5S. The highest BCUT2D eigenvalue weighted by atomic mass is 32.1. The number of ether oxygens (including phenoxy) is 2. The molecule has 0 aliphatic carbocycles. The summed E-state index contributed by atoms with van der Waals surface area (Å²) in [6, 6.07) is 12.0. The van der Waals surface area contributed by atoms with Gasteiger partial charge in [-0.2, -0.15) is 8.78 Å². The fourth-order valence-corrected chi connectivity index (χ4v) is 4.97. The molecular weight excluding hydrogens is 563 g/mol. The van der Waals surface area contributed by atoms with Gasteiger partial charge in [0.15, 0.2) is 0 Å². The lowest BCUT2D eigenvalue weighted by molar-refractivity contribution is -0.160. The lowest BCUT2D eigenvalue weighted by atomic mass is 10.1. The van der Waals surface area contributed by atoms with Gasteiger partial charge in [0.2, 0.25) is 11.8 Å². The van der Waals surface area contributed by atoms with Crippen LogP contribution in [0, 0.1) is 11.2 Å². The number of likely N-dealkylation sites (tertiary alicyclic amines) is 1. The Morgan fingerprint density at radius 2 is 1.71 bits per heavy atom. The summed E-state index contributed by atoms with van der Waals surface area (Å²) >= 11 is 1.28. The summed E-state index contributed by atoms with van der Waals surface area (Å²) in [7, 11) is 0. The molecule has 3 aromatic rings. The molecule has 0 radical (unpaired) electrons. The molecule has 41 heavy (non-hydrogen) atoms. The number of carbonyl (C=O) groups is 3. The van der Waals surface area contributed by atoms with Crippen LogP contribution in [0.1, 0.15) is 27.2 Å². The molecule has 1 aliphatic rings. The zero-order chi connectivity index (χ0) is 29.5. The molecule has 2 atom stereocenters. The molecule has 1 saturated heterocycles. The summed E-state index contributed by atoms with van der Waals surface area (Å²) in [6.07, 6.45) is -1.21. The van der Waals surface area contributed by atoms with Crippen molar-refractivity contribution in [1.82, 2.24) is 15.5 Å². The van der Waals surface area contributed by atoms with Crippen LogP contribution in [0.3, 0.4) is 0 Å². The molecule has 10 nitrogen and oxygen atoms in total. The molecule has 2 aromatic carbocycles. The van der Waals surface area contributed by atoms with Gasteiger partial charge in [0.25, 0.3) is 5.91 Å². The van der Waals surface area contributed by atoms with E-state index < -0.39 is 48.8 Å². The Labute approximate surface area is 236 Å². The highest BCUT2D eigenvalue weighted by Crippen LogP contribution is 2.24. The van der Waals surface area contributed by atoms with Crippen LogP contribution in [0.5, 0.6) is 11.5 Å². The molecule has 1 aliphatic heterocycles. The van der Waals surface area contributed by atoms with Gasteiger partial charge in [-0.05, 0) is 54.6 Å². The third-order valence-corrected chi connectivity index (χ3v) is 7.09. The van der Waals surface area contributed by atoms with Crippen molar-refractivity contribution in [2.45, 2.75) is 31.7 Å². The van der Waals surface area contributed by atoms with E-state index in [-0.39, 0.29) is 30.9 Å². The summed E-state index contributed by atoms with van der Waals surface area (Å²) in [4.78, 5) is 40.3. The summed E-state index contributed by atoms with van der Waals surface area (Å²) in [5, 5.41) is 14.3. The third kappa shape index (κ3) is 8.05. The maximum atomic E-state index is 13.1. The number of carbonyl (C=O) groups excluding carboxylic acids is 3. The highest BCUT2D eigenvalue weighted by Gasteiger charge is 2.41. The number of amides is 3. The van der Waals surface area contributed by atoms with E-state index >= 15 is 0 Å². The molecule has 0 spiro atoms. The monoisotopic (exact) mass is 589 g/mol. The second kappa shape index (κ2) is 13.3. The molecule has 5 N–H and O–H groups in total. The Kier molecular flexibility index (Phi) is 9.57. The van der Waals surface area contributed by atoms with Crippen LogP contribution in [-0.4, -0.2) is 60.3 Å². The molecule has 2 heterocycles. The molecule has 14 heteroatoms. The molecule has 0 bridgehead atoms. The minimum absolute atomic E-state index is 0.0906. The van der Waals surface area contributed by atoms with E-state index in [4.69, 9.17) is 15.9 Å². The second-order valence-corrected chi connectivity index (χ2v) is 10.0. The molecule has 4 rings (SSSR count). The number of nitrogens with two attached hydrogens (primary N) is 1. The predicted molar refractivity (Wildman–Crippen MR) is 143 cm³/mol. The fourth-order valence-electron chi connectivity index (χ4n) is 4.14. The van der Waals surface area contributed by atoms with Gasteiger partial charge in [-0.25, -0.2) is 4.39 Å². The van der Waals surface area contributed by atoms with Gasteiger partial charge in [-0.15, -0.1) is 11.3 Å². The van der Waals surface area contributed by atoms with Crippen LogP contribution in [0.25, 0.3) is 0 Å². The average Bonchev–Trinajstić information content (AvgIpc) is 3.59. The van der Waals surface area contributed by atoms with Crippen molar-refractivity contribution in [1.29, 1.82) is 5.41 Å². The van der Waals surface area contributed by atoms with E-state index in [2.05, 4.69) is 15.4 Å². The van der Waals surface area contributed by atoms with Gasteiger partial charge in [0.05, 0.1) is 19.2 Å². The molecule has 1 aromatic heterocycles. The second-order valence-electron chi connectivity index (χ2n) is 9.01. The van der Waals surface area contributed by atoms with Crippen molar-refractivity contribution < 1.29 is 37.0 Å². The van der Waals surface area contributed by atoms with Crippen molar-refractivity contribution >= 4 is 34.9 Å². The van der Waals surface area contributed by atoms with Gasteiger partial charge in [0.1, 0.15) is 29.2 Å². The Balaban J connectivity index is 1.33. The summed E-state index contributed by atoms with van der Waals surface area (Å²) in [5.74, 6) is -1.51. The summed E-state index contributed by atoms with van der Waals surface area (Å²) in [5.41, 5.74) is 6.18. The minimum atomic E-state index is -3.08. The summed E-state index contributed by atoms with van der Waals surface area (Å²) in [6.45, 7) is -3.72. The number of alkyl halides is 2. The van der Waals surface area contributed by atoms with Crippen LogP contribution in [0.4, 0.5) is 13.2 Å². The van der Waals surface area contributed by atoms with E-state index in [1.807, 2.05) is 0 Å². The van der Waals surface area contributed by atoms with Crippen LogP contribution in [0.15, 0.2) is 60.0 Å². The number of amidine groups is 1. The number of benzene rings is 2. The van der Waals surface area contributed by atoms with Crippen LogP contribution in [-0.2, 0) is 20.9 Å². The molecule has 3 amide bonds. The minimum Gasteiger partial charge on any atom is -0.457 e. The zero-order valence-corrected chi connectivity index (χ0v) is 22.3. The Morgan fingerprint density at radius 1 is 1.05 bits per heavy atom. The topological polar surface area (TPSA) is 147 Å². The van der Waals surface area contributed by atoms with E-state index in [1.54, 1.807) is 11.4 Å². The van der Waals surface area contributed by atoms with Crippen LogP contribution in [0.2, 0.25) is 0 Å². The first-order valence-corrected chi connectivity index (χ1v) is 13.2. The number of rotatable bonds is 11. The first kappa shape index (κ1) is 29.6. The Morgan fingerprint density at radius 3 is 2.32 bits per heavy atom. The highest BCUT2D eigenvalue weighted by molar-refractivity contribution is 7.10. The van der Waals surface area contributed by atoms with Gasteiger partial charge in [-0.1, -0.05) is 0 Å². The lowest BCUT2D eigenvalue weighted by Crippen LogP contribution is -2.48. The van der Waals surface area contributed by atoms with Gasteiger partial charge < -0.3 is 30.7 Å². The molecule has 0 unspecified atom stereocenters. The van der Waals surface area contributed by atoms with E-state index in [1.165, 1.54) is 59.9 Å². The average molecular weight is 590 g/mol. The Bertz CT molecular complexity index is 1400. The number of halogens is 3. The molecule has 0 saturated carbocycles. The van der Waals surface area contributed by atoms with E-state index in [9.17, 15) is 27.6 Å². The lowest BCUT2D eigenvalue weighted by Gasteiger charge is -2.23. The first-order chi connectivity index (χ1) is 19.6. The van der Waals surface area contributed by atoms with Crippen LogP contribution >= 0.6 is 11.3 Å². The van der Waals surface area contributed by atoms with E-state index in [0.717, 1.165) is 4.90 Å². The number of nitrogens with one attached hydrogen (secondary N) is 3. The SMILES string of the molecule is N=C(N)c1csc(CNC(=O)[C@@H]2C[C@@H](OC(F)F)CN2C(=O)CNC(=O)c2ccc(Oc3ccc(F)cc3)cc2)c1. The zero-order valence-electron chi connectivity index (χ0n) is 21.4. The number of thiophene rings is 1. The standard InChI is InChI=1S/C27H26F3N5O5S/c28-17-3-7-19(8-4-17)39-18-5-1-15(2-6-18)25(37)34-12-23(36)35-13-20(40-27(29)30)10-22(35)26(38)33-11-21-9-16(14-41-21)24(31)32/h1-9,14,20,22,27H,10-13H2,(H3,31,32)(H,33,38)(H,34,37)/t20-,22+/m1/s1. The number of nitrogens with zero attached hydrogens (tertiary/aromatic N) is 1. The number of nitrogen functional groups attached to an aromatic ring is 1. The first-order valence-electron chi connectivity index (χ1n) is 12.3. The largest absolute Gasteiger partial charge is 0.457 e. The maximum Gasteiger partial charge on any atom is 0.345 e. The van der Waals surface area contributed by atoms with Gasteiger partial charge in [-0.3, -0.25) is 19.8 Å². The normalized spacial score (nSPS) is 16.4. The fraction of sp³-hybridized carbons (Fsp3) is 0.259. The number of hydrogen-bond donors (Lipinski definition) is 4. The molecule has 1 fully saturated rings. The summed E-state index contributed by atoms with van der Waals surface area (Å²) < 4.78 is 48.9. The van der Waals surface area contributed by atoms with Crippen molar-refractivity contribution in [3.8, 4) is 11.5 Å². The predicted octanol–water partition coefficient (Wildman–Crippen LogP) is 3.22. The molecule has 216 valence electrons. The van der Waals surface area contributed by atoms with Gasteiger partial charge >= 0.3 is 6.61 Å². The van der Waals surface area contributed by atoms with Crippen LogP contribution < -0.4 is 21.1 Å². The van der Waals surface area contributed by atoms with Crippen molar-refractivity contribution in [3.05, 3.63) is 81.8 Å². The van der Waals surface area contributed by atoms with Crippen molar-refractivity contribution in [2.75, 3.05) is 13.1 Å². The van der Waals surface area contributed by atoms with E-state index in [0.29, 0.717) is 21.9 Å².